The molecule has 0 radical (unpaired) electrons. The highest BCUT2D eigenvalue weighted by Crippen LogP contribution is 2.27. The Morgan fingerprint density at radius 3 is 2.58 bits per heavy atom. The third-order valence-electron chi connectivity index (χ3n) is 2.74. The first-order chi connectivity index (χ1) is 8.94. The van der Waals surface area contributed by atoms with Crippen molar-refractivity contribution < 1.29 is 19.4 Å². The van der Waals surface area contributed by atoms with Gasteiger partial charge in [-0.25, -0.2) is 4.79 Å². The van der Waals surface area contributed by atoms with E-state index in [-0.39, 0.29) is 12.2 Å². The Kier molecular flexibility index (Phi) is 4.74. The van der Waals surface area contributed by atoms with Gasteiger partial charge in [-0.2, -0.15) is 0 Å². The van der Waals surface area contributed by atoms with Crippen molar-refractivity contribution in [3.63, 3.8) is 0 Å². The molecule has 0 heterocycles. The van der Waals surface area contributed by atoms with E-state index in [2.05, 4.69) is 0 Å². The molecule has 0 aromatic rings. The van der Waals surface area contributed by atoms with Crippen molar-refractivity contribution in [3.05, 3.63) is 44.0 Å². The van der Waals surface area contributed by atoms with Crippen LogP contribution >= 0.6 is 0 Å². The molecule has 1 aliphatic carbocycles. The molecule has 0 N–H and O–H groups in total. The molecule has 0 amide bonds. The number of esters is 1. The zero-order chi connectivity index (χ0) is 14.5. The number of hydrogen-bond acceptors (Lipinski definition) is 6. The van der Waals surface area contributed by atoms with Gasteiger partial charge in [-0.05, 0) is 6.42 Å². The summed E-state index contributed by atoms with van der Waals surface area (Å²) in [6.07, 6.45) is 4.22. The van der Waals surface area contributed by atoms with Crippen LogP contribution in [0.4, 0.5) is 0 Å². The van der Waals surface area contributed by atoms with Gasteiger partial charge in [0.1, 0.15) is 16.3 Å². The van der Waals surface area contributed by atoms with E-state index in [1.54, 1.807) is 0 Å². The van der Waals surface area contributed by atoms with Crippen LogP contribution in [-0.4, -0.2) is 28.1 Å². The molecule has 0 saturated carbocycles. The van der Waals surface area contributed by atoms with Crippen molar-refractivity contribution in [2.75, 3.05) is 6.61 Å². The van der Waals surface area contributed by atoms with E-state index in [0.717, 1.165) is 18.6 Å². The van der Waals surface area contributed by atoms with Crippen molar-refractivity contribution in [2.45, 2.75) is 31.8 Å². The van der Waals surface area contributed by atoms with Gasteiger partial charge in [-0.15, -0.1) is 0 Å². The second-order valence-corrected chi connectivity index (χ2v) is 4.11. The molecule has 0 spiro atoms. The largest absolute Gasteiger partial charge is 0.482 e. The Bertz CT molecular complexity index is 440. The quantitative estimate of drug-likeness (QED) is 0.237. The Morgan fingerprint density at radius 1 is 1.42 bits per heavy atom. The molecule has 0 atom stereocenters. The lowest BCUT2D eigenvalue weighted by Crippen LogP contribution is -2.46. The maximum Gasteiger partial charge on any atom is 0.482 e. The predicted octanol–water partition coefficient (Wildman–Crippen LogP) is 1.47. The van der Waals surface area contributed by atoms with Crippen LogP contribution in [0.5, 0.6) is 0 Å². The zero-order valence-electron chi connectivity index (χ0n) is 10.4. The Balaban J connectivity index is 2.82. The van der Waals surface area contributed by atoms with E-state index in [9.17, 15) is 25.0 Å². The predicted molar refractivity (Wildman–Crippen MR) is 64.4 cm³/mol. The van der Waals surface area contributed by atoms with Crippen LogP contribution in [0, 0.1) is 20.2 Å². The van der Waals surface area contributed by atoms with Crippen LogP contribution in [-0.2, 0) is 9.53 Å². The maximum absolute atomic E-state index is 11.6. The van der Waals surface area contributed by atoms with E-state index in [4.69, 9.17) is 4.74 Å². The minimum atomic E-state index is -2.48. The SMILES string of the molecule is CCCCOC(=O)C1=CC=CC([N+](=O)[O-])([N+](=O)[O-])C1. The molecule has 0 unspecified atom stereocenters. The van der Waals surface area contributed by atoms with Crippen molar-refractivity contribution in [1.82, 2.24) is 0 Å². The molecule has 0 aliphatic heterocycles. The summed E-state index contributed by atoms with van der Waals surface area (Å²) in [5.74, 6) is -0.745. The van der Waals surface area contributed by atoms with Gasteiger partial charge in [0.2, 0.25) is 0 Å². The molecule has 0 fully saturated rings. The number of nitrogens with zero attached hydrogens (tertiary/aromatic N) is 2. The number of ether oxygens (including phenoxy) is 1. The van der Waals surface area contributed by atoms with E-state index in [0.29, 0.717) is 6.42 Å². The Morgan fingerprint density at radius 2 is 2.05 bits per heavy atom. The summed E-state index contributed by atoms with van der Waals surface area (Å²) >= 11 is 0. The second-order valence-electron chi connectivity index (χ2n) is 4.11. The van der Waals surface area contributed by atoms with Gasteiger partial charge in [0.15, 0.2) is 0 Å². The minimum absolute atomic E-state index is 0.0630. The molecule has 8 nitrogen and oxygen atoms in total. The summed E-state index contributed by atoms with van der Waals surface area (Å²) < 4.78 is 4.89. The standard InChI is InChI=1S/C11H14N2O6/c1-2-3-7-19-10(14)9-5-4-6-11(8-9,12(15)16)13(17)18/h4-6H,2-3,7-8H2,1H3. The Labute approximate surface area is 109 Å². The fourth-order valence-corrected chi connectivity index (χ4v) is 1.58. The van der Waals surface area contributed by atoms with E-state index in [1.807, 2.05) is 6.92 Å². The number of carbonyl (C=O) groups is 1. The number of rotatable bonds is 6. The molecule has 1 aliphatic rings. The molecule has 104 valence electrons. The number of nitro groups is 2. The molecule has 0 saturated heterocycles. The minimum Gasteiger partial charge on any atom is -0.462 e. The smallest absolute Gasteiger partial charge is 0.462 e. The van der Waals surface area contributed by atoms with Crippen LogP contribution in [0.3, 0.4) is 0 Å². The summed E-state index contributed by atoms with van der Waals surface area (Å²) in [4.78, 5) is 31.4. The lowest BCUT2D eigenvalue weighted by Gasteiger charge is -2.17. The number of unbranched alkanes of at least 4 members (excludes halogenated alkanes) is 1. The second kappa shape index (κ2) is 6.07. The van der Waals surface area contributed by atoms with Gasteiger partial charge in [0.25, 0.3) is 0 Å². The van der Waals surface area contributed by atoms with Gasteiger partial charge in [-0.1, -0.05) is 25.5 Å². The van der Waals surface area contributed by atoms with Crippen LogP contribution in [0.2, 0.25) is 0 Å². The van der Waals surface area contributed by atoms with Crippen molar-refractivity contribution in [2.24, 2.45) is 0 Å². The van der Waals surface area contributed by atoms with Gasteiger partial charge < -0.3 is 4.74 Å². The monoisotopic (exact) mass is 270 g/mol. The first kappa shape index (κ1) is 14.8. The molecular weight excluding hydrogens is 256 g/mol. The molecule has 0 aromatic carbocycles. The molecule has 8 heteroatoms. The highest BCUT2D eigenvalue weighted by atomic mass is 16.7. The highest BCUT2D eigenvalue weighted by Gasteiger charge is 2.56. The number of carbonyl (C=O) groups excluding carboxylic acids is 1. The summed E-state index contributed by atoms with van der Waals surface area (Å²) in [6, 6.07) is 0. The van der Waals surface area contributed by atoms with Crippen LogP contribution in [0.1, 0.15) is 26.2 Å². The molecule has 1 rings (SSSR count). The highest BCUT2D eigenvalue weighted by molar-refractivity contribution is 5.89. The summed E-state index contributed by atoms with van der Waals surface area (Å²) in [5.41, 5.74) is -2.54. The van der Waals surface area contributed by atoms with Gasteiger partial charge in [0.05, 0.1) is 18.3 Å². The van der Waals surface area contributed by atoms with Crippen LogP contribution in [0.25, 0.3) is 0 Å². The average molecular weight is 270 g/mol. The average Bonchev–Trinajstić information content (AvgIpc) is 2.38. The van der Waals surface area contributed by atoms with Gasteiger partial charge in [0, 0.05) is 0 Å². The third kappa shape index (κ3) is 3.15. The van der Waals surface area contributed by atoms with Crippen LogP contribution < -0.4 is 0 Å². The maximum atomic E-state index is 11.6. The van der Waals surface area contributed by atoms with Gasteiger partial charge >= 0.3 is 11.6 Å². The normalized spacial score (nSPS) is 16.6. The molecule has 0 aromatic heterocycles. The molecular formula is C11H14N2O6. The van der Waals surface area contributed by atoms with E-state index >= 15 is 0 Å². The molecule has 0 bridgehead atoms. The summed E-state index contributed by atoms with van der Waals surface area (Å²) in [6.45, 7) is 2.11. The zero-order valence-corrected chi connectivity index (χ0v) is 10.4. The van der Waals surface area contributed by atoms with Gasteiger partial charge in [-0.3, -0.25) is 20.2 Å². The lowest BCUT2D eigenvalue weighted by molar-refractivity contribution is -0.780. The Hall–Kier alpha value is -2.25. The van der Waals surface area contributed by atoms with Crippen LogP contribution in [0.15, 0.2) is 23.8 Å². The lowest BCUT2D eigenvalue weighted by atomic mass is 9.95. The first-order valence-electron chi connectivity index (χ1n) is 5.78. The number of hydrogen-bond donors (Lipinski definition) is 0. The summed E-state index contributed by atoms with van der Waals surface area (Å²) in [5, 5.41) is 21.8. The van der Waals surface area contributed by atoms with E-state index in [1.165, 1.54) is 6.08 Å². The third-order valence-corrected chi connectivity index (χ3v) is 2.74. The fraction of sp³-hybridized carbons (Fsp3) is 0.545. The number of allylic oxidation sites excluding steroid dienone is 2. The van der Waals surface area contributed by atoms with Crippen molar-refractivity contribution in [3.8, 4) is 0 Å². The first-order valence-corrected chi connectivity index (χ1v) is 5.78. The van der Waals surface area contributed by atoms with Crippen molar-refractivity contribution in [1.29, 1.82) is 0 Å². The summed E-state index contributed by atoms with van der Waals surface area (Å²) in [7, 11) is 0. The topological polar surface area (TPSA) is 113 Å². The molecule has 19 heavy (non-hydrogen) atoms. The van der Waals surface area contributed by atoms with E-state index < -0.39 is 27.9 Å². The fourth-order valence-electron chi connectivity index (χ4n) is 1.58. The van der Waals surface area contributed by atoms with Crippen molar-refractivity contribution >= 4 is 5.97 Å².